The number of imidazole rings is 1. The van der Waals surface area contributed by atoms with E-state index in [4.69, 9.17) is 14.6 Å². The molecule has 62 heavy (non-hydrogen) atoms. The van der Waals surface area contributed by atoms with E-state index in [0.29, 0.717) is 35.0 Å². The van der Waals surface area contributed by atoms with Crippen molar-refractivity contribution in [2.45, 2.75) is 90.8 Å². The minimum atomic E-state index is -5.08. The van der Waals surface area contributed by atoms with Crippen LogP contribution in [0.3, 0.4) is 0 Å². The Morgan fingerprint density at radius 2 is 1.65 bits per heavy atom. The second-order valence-electron chi connectivity index (χ2n) is 15.8. The highest BCUT2D eigenvalue weighted by atomic mass is 19.4. The van der Waals surface area contributed by atoms with Gasteiger partial charge in [0.2, 0.25) is 17.7 Å². The van der Waals surface area contributed by atoms with E-state index in [0.717, 1.165) is 11.1 Å². The SMILES string of the molecule is Cc1nc2n(n1)CC(=O)N[C@@H](CC(C)C)COc1ccc(cc1)C[C@H](NC(=O)c1cnn3ccn(C)c13)C(=O)N[C@@H](Cc1ccccc1)C(=O)N[C@H]2C(C)C.O=C(O)C(F)(F)F. The third kappa shape index (κ3) is 12.4. The predicted octanol–water partition coefficient (Wildman–Crippen LogP) is 3.71. The fourth-order valence-corrected chi connectivity index (χ4v) is 6.89. The summed E-state index contributed by atoms with van der Waals surface area (Å²) in [5.74, 6) is -2.91. The molecule has 332 valence electrons. The number of carboxylic acids is 1. The molecular formula is C42H51F3N10O7. The van der Waals surface area contributed by atoms with Gasteiger partial charge in [-0.1, -0.05) is 70.2 Å². The number of carbonyl (C=O) groups excluding carboxylic acids is 4. The number of halogens is 3. The number of aliphatic carboxylic acids is 1. The molecule has 4 atom stereocenters. The van der Waals surface area contributed by atoms with Gasteiger partial charge in [0.15, 0.2) is 5.82 Å². The maximum atomic E-state index is 14.4. The first kappa shape index (κ1) is 46.3. The quantitative estimate of drug-likeness (QED) is 0.160. The van der Waals surface area contributed by atoms with Gasteiger partial charge in [0.05, 0.1) is 18.3 Å². The Balaban J connectivity index is 0.000000955. The van der Waals surface area contributed by atoms with Gasteiger partial charge in [-0.2, -0.15) is 23.4 Å². The number of carboxylic acid groups (broad SMARTS) is 1. The lowest BCUT2D eigenvalue weighted by Gasteiger charge is -2.27. The van der Waals surface area contributed by atoms with Crippen LogP contribution >= 0.6 is 0 Å². The first-order chi connectivity index (χ1) is 29.3. The van der Waals surface area contributed by atoms with Gasteiger partial charge in [-0.3, -0.25) is 19.2 Å². The van der Waals surface area contributed by atoms with Gasteiger partial charge in [-0.25, -0.2) is 19.0 Å². The zero-order valence-electron chi connectivity index (χ0n) is 35.1. The molecule has 7 rings (SSSR count). The molecule has 20 heteroatoms. The van der Waals surface area contributed by atoms with E-state index in [1.54, 1.807) is 40.5 Å². The molecule has 2 aromatic carbocycles. The molecule has 0 unspecified atom stereocenters. The largest absolute Gasteiger partial charge is 0.491 e. The topological polar surface area (TPSA) is 216 Å². The number of hydrogen-bond donors (Lipinski definition) is 5. The van der Waals surface area contributed by atoms with Crippen molar-refractivity contribution in [1.82, 2.24) is 50.2 Å². The van der Waals surface area contributed by atoms with Gasteiger partial charge < -0.3 is 35.7 Å². The molecule has 5 aromatic rings. The van der Waals surface area contributed by atoms with Gasteiger partial charge in [-0.15, -0.1) is 0 Å². The molecule has 0 saturated carbocycles. The summed E-state index contributed by atoms with van der Waals surface area (Å²) in [5, 5.41) is 28.1. The van der Waals surface area contributed by atoms with Crippen LogP contribution in [-0.4, -0.2) is 94.6 Å². The van der Waals surface area contributed by atoms with Crippen LogP contribution in [0.25, 0.3) is 5.65 Å². The van der Waals surface area contributed by atoms with E-state index < -0.39 is 48.0 Å². The molecule has 0 spiro atoms. The van der Waals surface area contributed by atoms with Crippen LogP contribution in [0.2, 0.25) is 0 Å². The second kappa shape index (κ2) is 20.2. The third-order valence-corrected chi connectivity index (χ3v) is 9.84. The van der Waals surface area contributed by atoms with Crippen molar-refractivity contribution in [1.29, 1.82) is 0 Å². The Bertz CT molecular complexity index is 2340. The van der Waals surface area contributed by atoms with Crippen molar-refractivity contribution in [2.75, 3.05) is 6.61 Å². The van der Waals surface area contributed by atoms with E-state index in [9.17, 15) is 32.3 Å². The van der Waals surface area contributed by atoms with E-state index in [1.165, 1.54) is 10.9 Å². The first-order valence-electron chi connectivity index (χ1n) is 20.0. The zero-order valence-corrected chi connectivity index (χ0v) is 35.1. The van der Waals surface area contributed by atoms with Crippen molar-refractivity contribution in [3.63, 3.8) is 0 Å². The standard InChI is InChI=1S/C40H50N10O5.C2HF3O2/c1-24(2)18-29-23-55-30-14-12-28(13-15-30)20-32(44-37(52)31-21-41-49-17-16-48(6)40(31)49)38(53)45-33(19-27-10-8-7-9-11-27)39(54)46-35(25(3)4)36-42-26(5)47-50(36)22-34(51)43-29;3-2(4,5)1(6)7/h7-17,21,24-25,29,32-33,35H,18-20,22-23H2,1-6H3,(H,43,51)(H,44,52)(H,45,53)(H,46,54);(H,6,7)/t29-,32-,33-,35-;/m0./s1. The van der Waals surface area contributed by atoms with Gasteiger partial charge >= 0.3 is 12.1 Å². The van der Waals surface area contributed by atoms with E-state index >= 15 is 0 Å². The van der Waals surface area contributed by atoms with Crippen molar-refractivity contribution in [3.05, 3.63) is 102 Å². The molecule has 2 aliphatic rings. The zero-order chi connectivity index (χ0) is 45.3. The number of ether oxygens (including phenoxy) is 1. The number of fused-ring (bicyclic) bond motifs is 15. The maximum absolute atomic E-state index is 14.4. The Morgan fingerprint density at radius 1 is 0.968 bits per heavy atom. The summed E-state index contributed by atoms with van der Waals surface area (Å²) >= 11 is 0. The van der Waals surface area contributed by atoms with Crippen LogP contribution in [0.1, 0.15) is 73.3 Å². The lowest BCUT2D eigenvalue weighted by molar-refractivity contribution is -0.192. The Kier molecular flexibility index (Phi) is 15.1. The van der Waals surface area contributed by atoms with Crippen LogP contribution in [-0.2, 0) is 45.6 Å². The lowest BCUT2D eigenvalue weighted by atomic mass is 10.00. The third-order valence-electron chi connectivity index (χ3n) is 9.84. The van der Waals surface area contributed by atoms with Crippen LogP contribution in [0.4, 0.5) is 13.2 Å². The molecule has 17 nitrogen and oxygen atoms in total. The van der Waals surface area contributed by atoms with Crippen LogP contribution in [0.5, 0.6) is 5.75 Å². The number of nitrogens with zero attached hydrogens (tertiary/aromatic N) is 6. The monoisotopic (exact) mass is 864 g/mol. The summed E-state index contributed by atoms with van der Waals surface area (Å²) in [6, 6.07) is 13.6. The minimum Gasteiger partial charge on any atom is -0.491 e. The number of nitrogens with one attached hydrogen (secondary N) is 4. The summed E-state index contributed by atoms with van der Waals surface area (Å²) in [6.07, 6.45) is 0.891. The lowest BCUT2D eigenvalue weighted by Crippen LogP contribution is -2.55. The highest BCUT2D eigenvalue weighted by Crippen LogP contribution is 2.22. The van der Waals surface area contributed by atoms with Crippen LogP contribution < -0.4 is 26.0 Å². The number of amides is 4. The van der Waals surface area contributed by atoms with Crippen LogP contribution in [0, 0.1) is 18.8 Å². The summed E-state index contributed by atoms with van der Waals surface area (Å²) < 4.78 is 42.8. The smallest absolute Gasteiger partial charge is 0.490 e. The number of alkyl halides is 3. The van der Waals surface area contributed by atoms with Crippen LogP contribution in [0.15, 0.2) is 73.2 Å². The molecule has 3 aromatic heterocycles. The highest BCUT2D eigenvalue weighted by molar-refractivity contribution is 6.02. The number of carbonyl (C=O) groups is 5. The Hall–Kier alpha value is -6.73. The minimum absolute atomic E-state index is 0.114. The predicted molar refractivity (Wildman–Crippen MR) is 219 cm³/mol. The molecule has 0 saturated heterocycles. The molecule has 2 bridgehead atoms. The molecule has 4 amide bonds. The normalized spacial score (nSPS) is 19.1. The van der Waals surface area contributed by atoms with Crippen molar-refractivity contribution < 1.29 is 47.0 Å². The number of benzene rings is 2. The number of aryl methyl sites for hydroxylation is 2. The molecule has 5 heterocycles. The summed E-state index contributed by atoms with van der Waals surface area (Å²) in [7, 11) is 1.81. The second-order valence-corrected chi connectivity index (χ2v) is 15.8. The van der Waals surface area contributed by atoms with Gasteiger partial charge in [0.1, 0.15) is 48.0 Å². The highest BCUT2D eigenvalue weighted by Gasteiger charge is 2.38. The number of aromatic nitrogens is 6. The average molecular weight is 865 g/mol. The first-order valence-corrected chi connectivity index (χ1v) is 20.0. The fourth-order valence-electron chi connectivity index (χ4n) is 6.89. The number of rotatable bonds is 7. The van der Waals surface area contributed by atoms with E-state index in [2.05, 4.69) is 50.3 Å². The van der Waals surface area contributed by atoms with Crippen molar-refractivity contribution in [3.8, 4) is 5.75 Å². The van der Waals surface area contributed by atoms with Gasteiger partial charge in [0, 0.05) is 32.3 Å². The van der Waals surface area contributed by atoms with E-state index in [-0.39, 0.29) is 49.8 Å². The van der Waals surface area contributed by atoms with Gasteiger partial charge in [-0.05, 0) is 48.4 Å². The molecule has 2 aliphatic heterocycles. The molecule has 0 fully saturated rings. The molecule has 0 radical (unpaired) electrons. The summed E-state index contributed by atoms with van der Waals surface area (Å²) in [6.45, 7) is 9.90. The molecule has 0 aliphatic carbocycles. The fraction of sp³-hybridized carbons (Fsp3) is 0.429. The average Bonchev–Trinajstić information content (AvgIpc) is 3.90. The van der Waals surface area contributed by atoms with E-state index in [1.807, 2.05) is 63.4 Å². The number of hydrogen-bond acceptors (Lipinski definition) is 9. The summed E-state index contributed by atoms with van der Waals surface area (Å²) in [4.78, 5) is 69.6. The molecular weight excluding hydrogens is 814 g/mol. The molecule has 5 N–H and O–H groups in total. The Morgan fingerprint density at radius 3 is 2.27 bits per heavy atom. The summed E-state index contributed by atoms with van der Waals surface area (Å²) in [5.41, 5.74) is 2.46. The Labute approximate surface area is 355 Å². The van der Waals surface area contributed by atoms with Crippen molar-refractivity contribution >= 4 is 35.2 Å². The van der Waals surface area contributed by atoms with Crippen molar-refractivity contribution in [2.24, 2.45) is 18.9 Å². The van der Waals surface area contributed by atoms with Gasteiger partial charge in [0.25, 0.3) is 5.91 Å². The maximum Gasteiger partial charge on any atom is 0.490 e.